The molecule has 3 heterocycles. The van der Waals surface area contributed by atoms with Crippen LogP contribution < -0.4 is 26.2 Å². The topological polar surface area (TPSA) is 11.4 Å². The predicted octanol–water partition coefficient (Wildman–Crippen LogP) is 24.9. The van der Waals surface area contributed by atoms with Crippen LogP contribution in [0.5, 0.6) is 0 Å². The zero-order valence-corrected chi connectivity index (χ0v) is 58.1. The zero-order valence-electron chi connectivity index (χ0n) is 63.1. The Balaban J connectivity index is 0.955. The fourth-order valence-corrected chi connectivity index (χ4v) is 18.7. The van der Waals surface area contributed by atoms with Crippen molar-refractivity contribution >= 4 is 79.0 Å². The molecule has 0 saturated heterocycles. The second-order valence-corrected chi connectivity index (χ2v) is 28.5. The van der Waals surface area contributed by atoms with Crippen LogP contribution in [0.25, 0.3) is 128 Å². The van der Waals surface area contributed by atoms with Crippen molar-refractivity contribution in [3.05, 3.63) is 423 Å². The number of fused-ring (bicyclic) bond motifs is 17. The highest BCUT2D eigenvalue weighted by molar-refractivity contribution is 7.00. The number of nitrogens with zero attached hydrogens (tertiary/aromatic N) is 3. The molecule has 0 atom stereocenters. The summed E-state index contributed by atoms with van der Waals surface area (Å²) < 4.78 is 49.2. The van der Waals surface area contributed by atoms with Gasteiger partial charge in [-0.3, -0.25) is 0 Å². The molecule has 22 rings (SSSR count). The van der Waals surface area contributed by atoms with Crippen molar-refractivity contribution in [2.24, 2.45) is 0 Å². The van der Waals surface area contributed by atoms with Gasteiger partial charge in [0.2, 0.25) is 0 Å². The summed E-state index contributed by atoms with van der Waals surface area (Å²) in [6.07, 6.45) is 0. The number of benzene rings is 17. The van der Waals surface area contributed by atoms with E-state index in [4.69, 9.17) is 1.37 Å². The third-order valence-electron chi connectivity index (χ3n) is 23.0. The van der Waals surface area contributed by atoms with Gasteiger partial charge in [0.05, 0.1) is 34.7 Å². The Morgan fingerprint density at radius 3 is 1.22 bits per heavy atom. The molecule has 3 nitrogen and oxygen atoms in total. The van der Waals surface area contributed by atoms with Gasteiger partial charge < -0.3 is 14.4 Å². The molecule has 0 amide bonds. The normalized spacial score (nSPS) is 13.7. The van der Waals surface area contributed by atoms with E-state index in [0.717, 1.165) is 145 Å². The van der Waals surface area contributed by atoms with E-state index in [1.54, 1.807) is 0 Å². The quantitative estimate of drug-likeness (QED) is 0.126. The number of hydrogen-bond donors (Lipinski definition) is 0. The number of anilines is 6. The highest BCUT2D eigenvalue weighted by atomic mass is 15.2. The monoisotopic (exact) mass is 1360 g/mol. The van der Waals surface area contributed by atoms with Crippen molar-refractivity contribution in [2.45, 2.75) is 5.41 Å². The van der Waals surface area contributed by atoms with Gasteiger partial charge in [0.1, 0.15) is 0 Å². The average Bonchev–Trinajstić information content (AvgIpc) is 1.52. The molecule has 496 valence electrons. The molecular formula is C103H66BN3. The molecule has 17 aromatic carbocycles. The summed E-state index contributed by atoms with van der Waals surface area (Å²) in [6, 6.07) is 134. The summed E-state index contributed by atoms with van der Waals surface area (Å²) >= 11 is 0. The third kappa shape index (κ3) is 9.10. The van der Waals surface area contributed by atoms with E-state index in [1.807, 2.05) is 6.07 Å². The molecule has 1 spiro atoms. The molecule has 18 aromatic rings. The van der Waals surface area contributed by atoms with Crippen LogP contribution in [0.3, 0.4) is 0 Å². The molecule has 107 heavy (non-hydrogen) atoms. The van der Waals surface area contributed by atoms with Gasteiger partial charge in [-0.25, -0.2) is 0 Å². The molecule has 0 N–H and O–H groups in total. The largest absolute Gasteiger partial charge is 0.310 e. The average molecular weight is 1360 g/mol. The van der Waals surface area contributed by atoms with Crippen LogP contribution in [0.1, 0.15) is 29.1 Å². The molecule has 4 heteroatoms. The highest BCUT2D eigenvalue weighted by Gasteiger charge is 2.53. The molecule has 0 radical (unpaired) electrons. The van der Waals surface area contributed by atoms with Crippen molar-refractivity contribution in [1.29, 1.82) is 0 Å². The van der Waals surface area contributed by atoms with E-state index >= 15 is 0 Å². The van der Waals surface area contributed by atoms with E-state index in [9.17, 15) is 5.48 Å². The van der Waals surface area contributed by atoms with Gasteiger partial charge in [0.15, 0.2) is 0 Å². The van der Waals surface area contributed by atoms with Gasteiger partial charge in [-0.1, -0.05) is 346 Å². The third-order valence-corrected chi connectivity index (χ3v) is 23.0. The summed E-state index contributed by atoms with van der Waals surface area (Å²) in [5, 5.41) is 2.30. The number of hydrogen-bond acceptors (Lipinski definition) is 2. The Morgan fingerprint density at radius 1 is 0.252 bits per heavy atom. The Hall–Kier alpha value is -13.8. The predicted molar refractivity (Wildman–Crippen MR) is 449 cm³/mol. The Morgan fingerprint density at radius 2 is 0.682 bits per heavy atom. The van der Waals surface area contributed by atoms with Crippen LogP contribution in [-0.4, -0.2) is 11.3 Å². The maximum Gasteiger partial charge on any atom is 0.252 e. The van der Waals surface area contributed by atoms with E-state index in [0.29, 0.717) is 5.56 Å². The fraction of sp³-hybridized carbons (Fsp3) is 0.00971. The Bertz CT molecular complexity index is 6700. The van der Waals surface area contributed by atoms with E-state index in [-0.39, 0.29) is 29.7 Å². The number of aromatic nitrogens is 1. The van der Waals surface area contributed by atoms with Gasteiger partial charge in [-0.15, -0.1) is 0 Å². The lowest BCUT2D eigenvalue weighted by atomic mass is 9.33. The minimum absolute atomic E-state index is 0.136. The first kappa shape index (κ1) is 55.8. The van der Waals surface area contributed by atoms with Crippen LogP contribution in [0, 0.1) is 0 Å². The van der Waals surface area contributed by atoms with Crippen LogP contribution in [0.4, 0.5) is 34.1 Å². The van der Waals surface area contributed by atoms with E-state index < -0.39 is 18.2 Å². The molecule has 2 aliphatic heterocycles. The fourth-order valence-electron chi connectivity index (χ4n) is 18.7. The maximum atomic E-state index is 9.74. The molecule has 4 aliphatic rings. The van der Waals surface area contributed by atoms with Gasteiger partial charge >= 0.3 is 0 Å². The molecule has 0 bridgehead atoms. The van der Waals surface area contributed by atoms with Gasteiger partial charge in [0.25, 0.3) is 6.71 Å². The standard InChI is InChI=1S/C103H66BN3/c1-7-31-67(32-8-1)73-57-60-95-92(63-73)104-91-59-58-76(105-93-55-27-22-46-83(93)84-47-23-28-56-94(84)105)66-96(91)107(102-86(71-39-15-5-16-40-71)61-74(68-33-9-2-10-34-68)62-87(102)72-41-17-6-18-42-72)98-65-75(64-97(100(98)104)106(95)101-78(69-35-11-3-12-36-69)49-30-50-79(101)70-37-13-4-14-38-70)77-48-29-51-85-82-45-21-26-54-90(82)103(99(77)85)88-52-24-19-43-80(88)81-44-20-25-53-89(81)103/h1-66H/i1D,7D,8D,31D,32D. The van der Waals surface area contributed by atoms with Gasteiger partial charge in [0, 0.05) is 61.5 Å². The van der Waals surface area contributed by atoms with Crippen LogP contribution >= 0.6 is 0 Å². The van der Waals surface area contributed by atoms with Crippen LogP contribution in [0.15, 0.2) is 400 Å². The van der Waals surface area contributed by atoms with Gasteiger partial charge in [-0.05, 0) is 171 Å². The summed E-state index contributed by atoms with van der Waals surface area (Å²) in [4.78, 5) is 5.16. The van der Waals surface area contributed by atoms with Gasteiger partial charge in [-0.2, -0.15) is 0 Å². The molecule has 1 aromatic heterocycles. The van der Waals surface area contributed by atoms with Crippen LogP contribution in [0.2, 0.25) is 0 Å². The second-order valence-electron chi connectivity index (χ2n) is 28.5. The Labute approximate surface area is 630 Å². The van der Waals surface area contributed by atoms with Crippen molar-refractivity contribution < 1.29 is 6.85 Å². The van der Waals surface area contributed by atoms with Crippen molar-refractivity contribution in [3.8, 4) is 106 Å². The minimum Gasteiger partial charge on any atom is -0.310 e. The summed E-state index contributed by atoms with van der Waals surface area (Å²) in [6.45, 7) is -0.563. The Kier molecular flexibility index (Phi) is 12.6. The number of para-hydroxylation sites is 3. The molecule has 2 aliphatic carbocycles. The lowest BCUT2D eigenvalue weighted by molar-refractivity contribution is 0.796. The summed E-state index contributed by atoms with van der Waals surface area (Å²) in [5.74, 6) is 0. The SMILES string of the molecule is [2H]c1c([2H])c([2H])c(-c2ccc3c(c2)B2c4ccc(-n5c6ccccc6c6ccccc65)cc4N(c4c(-c5ccccc5)cc(-c5ccccc5)cc4-c4ccccc4)c4cc(-c5cccc6c5C5(c7ccccc7-c7ccccc75)c5ccccc5-6)cc(c42)N3c2c(-c3ccccc3)cccc2-c2ccccc2)c([2H])c1[2H]. The van der Waals surface area contributed by atoms with Crippen LogP contribution in [-0.2, 0) is 5.41 Å². The summed E-state index contributed by atoms with van der Waals surface area (Å²) in [7, 11) is 0. The molecule has 0 saturated carbocycles. The smallest absolute Gasteiger partial charge is 0.252 e. The lowest BCUT2D eigenvalue weighted by Crippen LogP contribution is -2.61. The number of rotatable bonds is 10. The molecule has 0 unspecified atom stereocenters. The minimum atomic E-state index is -0.740. The molecular weight excluding hydrogens is 1290 g/mol. The first-order chi connectivity index (χ1) is 55.2. The maximum absolute atomic E-state index is 9.74. The van der Waals surface area contributed by atoms with E-state index in [1.165, 1.54) is 44.5 Å². The van der Waals surface area contributed by atoms with Crippen molar-refractivity contribution in [3.63, 3.8) is 0 Å². The van der Waals surface area contributed by atoms with E-state index in [2.05, 4.69) is 378 Å². The van der Waals surface area contributed by atoms with Crippen molar-refractivity contribution in [2.75, 3.05) is 9.80 Å². The first-order valence-electron chi connectivity index (χ1n) is 39.3. The highest BCUT2D eigenvalue weighted by Crippen LogP contribution is 2.65. The summed E-state index contributed by atoms with van der Waals surface area (Å²) in [5.41, 5.74) is 33.9. The van der Waals surface area contributed by atoms with Crippen molar-refractivity contribution in [1.82, 2.24) is 4.57 Å². The zero-order chi connectivity index (χ0) is 74.6. The lowest BCUT2D eigenvalue weighted by Gasteiger charge is -2.46. The first-order valence-corrected chi connectivity index (χ1v) is 36.8. The molecule has 0 fully saturated rings. The second kappa shape index (κ2) is 24.2.